The maximum atomic E-state index is 12.6. The normalized spacial score (nSPS) is 12.3. The third kappa shape index (κ3) is 11.7. The SMILES string of the molecule is CCCCCCC=CC(CC(=O)NCCO)C(=O)N(CCO)CCO. The Hall–Kier alpha value is -1.44. The third-order valence-electron chi connectivity index (χ3n) is 3.80. The standard InChI is InChI=1S/C18H34N2O5/c1-2-3-4-5-6-7-8-16(15-17(24)19-9-12-21)18(25)20(10-13-22)11-14-23/h7-8,16,21-23H,2-6,9-15H2,1H3,(H,19,24). The van der Waals surface area contributed by atoms with Crippen LogP contribution in [-0.2, 0) is 9.59 Å². The maximum absolute atomic E-state index is 12.6. The topological polar surface area (TPSA) is 110 Å². The number of carbonyl (C=O) groups excluding carboxylic acids is 2. The van der Waals surface area contributed by atoms with Crippen molar-refractivity contribution in [2.75, 3.05) is 39.5 Å². The van der Waals surface area contributed by atoms with Crippen molar-refractivity contribution in [2.24, 2.45) is 5.92 Å². The summed E-state index contributed by atoms with van der Waals surface area (Å²) in [5.74, 6) is -1.23. The number of nitrogens with one attached hydrogen (secondary N) is 1. The van der Waals surface area contributed by atoms with Crippen LogP contribution < -0.4 is 5.32 Å². The fourth-order valence-corrected chi connectivity index (χ4v) is 2.46. The summed E-state index contributed by atoms with van der Waals surface area (Å²) in [5, 5.41) is 29.5. The molecule has 0 spiro atoms. The number of nitrogens with zero attached hydrogens (tertiary/aromatic N) is 1. The van der Waals surface area contributed by atoms with Gasteiger partial charge >= 0.3 is 0 Å². The molecule has 0 aliphatic rings. The predicted molar refractivity (Wildman–Crippen MR) is 96.9 cm³/mol. The van der Waals surface area contributed by atoms with E-state index < -0.39 is 5.92 Å². The van der Waals surface area contributed by atoms with E-state index in [1.54, 1.807) is 6.08 Å². The van der Waals surface area contributed by atoms with Gasteiger partial charge in [0, 0.05) is 26.1 Å². The van der Waals surface area contributed by atoms with Gasteiger partial charge in [0.05, 0.1) is 25.7 Å². The number of allylic oxidation sites excluding steroid dienone is 1. The Bertz CT molecular complexity index is 382. The lowest BCUT2D eigenvalue weighted by Crippen LogP contribution is -2.41. The Morgan fingerprint density at radius 2 is 1.72 bits per heavy atom. The number of hydrogen-bond acceptors (Lipinski definition) is 5. The molecule has 2 amide bonds. The molecule has 7 nitrogen and oxygen atoms in total. The Morgan fingerprint density at radius 1 is 1.04 bits per heavy atom. The van der Waals surface area contributed by atoms with Gasteiger partial charge in [0.2, 0.25) is 11.8 Å². The van der Waals surface area contributed by atoms with Crippen LogP contribution in [0.5, 0.6) is 0 Å². The van der Waals surface area contributed by atoms with E-state index in [-0.39, 0.29) is 57.7 Å². The highest BCUT2D eigenvalue weighted by Gasteiger charge is 2.24. The predicted octanol–water partition coefficient (Wildman–Crippen LogP) is 0.441. The van der Waals surface area contributed by atoms with Crippen LogP contribution >= 0.6 is 0 Å². The molecule has 0 saturated carbocycles. The van der Waals surface area contributed by atoms with E-state index in [4.69, 9.17) is 15.3 Å². The Balaban J connectivity index is 4.81. The number of hydrogen-bond donors (Lipinski definition) is 4. The summed E-state index contributed by atoms with van der Waals surface area (Å²) in [6.45, 7) is 1.99. The summed E-state index contributed by atoms with van der Waals surface area (Å²) in [4.78, 5) is 25.9. The van der Waals surface area contributed by atoms with Crippen LogP contribution in [0.1, 0.15) is 45.4 Å². The molecule has 0 radical (unpaired) electrons. The van der Waals surface area contributed by atoms with Crippen molar-refractivity contribution >= 4 is 11.8 Å². The number of carbonyl (C=O) groups is 2. The molecule has 0 aromatic rings. The zero-order valence-corrected chi connectivity index (χ0v) is 15.3. The smallest absolute Gasteiger partial charge is 0.230 e. The van der Waals surface area contributed by atoms with E-state index >= 15 is 0 Å². The minimum absolute atomic E-state index is 0.0162. The van der Waals surface area contributed by atoms with Crippen molar-refractivity contribution in [3.8, 4) is 0 Å². The van der Waals surface area contributed by atoms with Gasteiger partial charge in [-0.05, 0) is 12.8 Å². The van der Waals surface area contributed by atoms with Crippen LogP contribution in [0.25, 0.3) is 0 Å². The van der Waals surface area contributed by atoms with E-state index in [9.17, 15) is 9.59 Å². The molecule has 0 heterocycles. The Kier molecular flexibility index (Phi) is 15.1. The summed E-state index contributed by atoms with van der Waals surface area (Å²) in [6.07, 6.45) is 9.02. The summed E-state index contributed by atoms with van der Waals surface area (Å²) < 4.78 is 0. The van der Waals surface area contributed by atoms with Gasteiger partial charge < -0.3 is 25.5 Å². The van der Waals surface area contributed by atoms with Gasteiger partial charge in [0.1, 0.15) is 0 Å². The lowest BCUT2D eigenvalue weighted by atomic mass is 10.0. The molecule has 7 heteroatoms. The van der Waals surface area contributed by atoms with Crippen molar-refractivity contribution in [3.63, 3.8) is 0 Å². The first-order chi connectivity index (χ1) is 12.1. The molecule has 0 bridgehead atoms. The number of aliphatic hydroxyl groups excluding tert-OH is 3. The fraction of sp³-hybridized carbons (Fsp3) is 0.778. The maximum Gasteiger partial charge on any atom is 0.230 e. The molecule has 0 aromatic carbocycles. The minimum atomic E-state index is -0.636. The van der Waals surface area contributed by atoms with E-state index in [1.807, 2.05) is 6.08 Å². The molecule has 25 heavy (non-hydrogen) atoms. The zero-order valence-electron chi connectivity index (χ0n) is 15.3. The highest BCUT2D eigenvalue weighted by molar-refractivity contribution is 5.87. The van der Waals surface area contributed by atoms with E-state index in [0.29, 0.717) is 0 Å². The summed E-state index contributed by atoms with van der Waals surface area (Å²) in [7, 11) is 0. The average molecular weight is 358 g/mol. The molecular formula is C18H34N2O5. The van der Waals surface area contributed by atoms with Crippen molar-refractivity contribution in [1.82, 2.24) is 10.2 Å². The average Bonchev–Trinajstić information content (AvgIpc) is 2.61. The van der Waals surface area contributed by atoms with Gasteiger partial charge in [-0.15, -0.1) is 0 Å². The fourth-order valence-electron chi connectivity index (χ4n) is 2.46. The van der Waals surface area contributed by atoms with Crippen molar-refractivity contribution in [1.29, 1.82) is 0 Å². The zero-order chi connectivity index (χ0) is 18.9. The van der Waals surface area contributed by atoms with Crippen LogP contribution in [0.4, 0.5) is 0 Å². The molecule has 0 aromatic heterocycles. The van der Waals surface area contributed by atoms with E-state index in [0.717, 1.165) is 25.7 Å². The summed E-state index contributed by atoms with van der Waals surface area (Å²) in [5.41, 5.74) is 0. The number of amides is 2. The van der Waals surface area contributed by atoms with Crippen molar-refractivity contribution in [3.05, 3.63) is 12.2 Å². The molecule has 4 N–H and O–H groups in total. The van der Waals surface area contributed by atoms with Crippen LogP contribution in [0.2, 0.25) is 0 Å². The van der Waals surface area contributed by atoms with Crippen LogP contribution in [-0.4, -0.2) is 71.5 Å². The highest BCUT2D eigenvalue weighted by atomic mass is 16.3. The first-order valence-electron chi connectivity index (χ1n) is 9.15. The minimum Gasteiger partial charge on any atom is -0.395 e. The lowest BCUT2D eigenvalue weighted by molar-refractivity contribution is -0.137. The quantitative estimate of drug-likeness (QED) is 0.251. The molecule has 146 valence electrons. The van der Waals surface area contributed by atoms with Crippen molar-refractivity contribution < 1.29 is 24.9 Å². The second-order valence-corrected chi connectivity index (χ2v) is 5.93. The van der Waals surface area contributed by atoms with Gasteiger partial charge in [-0.25, -0.2) is 0 Å². The Morgan fingerprint density at radius 3 is 2.28 bits per heavy atom. The molecular weight excluding hydrogens is 324 g/mol. The summed E-state index contributed by atoms with van der Waals surface area (Å²) >= 11 is 0. The molecule has 1 atom stereocenters. The van der Waals surface area contributed by atoms with Crippen LogP contribution in [0.15, 0.2) is 12.2 Å². The third-order valence-corrected chi connectivity index (χ3v) is 3.80. The molecule has 0 aliphatic carbocycles. The molecule has 0 aliphatic heterocycles. The van der Waals surface area contributed by atoms with Crippen LogP contribution in [0, 0.1) is 5.92 Å². The van der Waals surface area contributed by atoms with E-state index in [2.05, 4.69) is 12.2 Å². The molecule has 0 fully saturated rings. The second-order valence-electron chi connectivity index (χ2n) is 5.93. The van der Waals surface area contributed by atoms with Gasteiger partial charge in [-0.2, -0.15) is 0 Å². The molecule has 0 rings (SSSR count). The first kappa shape index (κ1) is 23.6. The number of rotatable bonds is 15. The Labute approximate surface area is 150 Å². The number of aliphatic hydroxyl groups is 3. The highest BCUT2D eigenvalue weighted by Crippen LogP contribution is 2.12. The van der Waals surface area contributed by atoms with Gasteiger partial charge in [0.15, 0.2) is 0 Å². The molecule has 0 saturated heterocycles. The largest absolute Gasteiger partial charge is 0.395 e. The van der Waals surface area contributed by atoms with Crippen LogP contribution in [0.3, 0.4) is 0 Å². The first-order valence-corrected chi connectivity index (χ1v) is 9.15. The van der Waals surface area contributed by atoms with E-state index in [1.165, 1.54) is 11.3 Å². The van der Waals surface area contributed by atoms with Gasteiger partial charge in [-0.1, -0.05) is 38.3 Å². The second kappa shape index (κ2) is 16.1. The lowest BCUT2D eigenvalue weighted by Gasteiger charge is -2.24. The number of unbranched alkanes of at least 4 members (excludes halogenated alkanes) is 4. The summed E-state index contributed by atoms with van der Waals surface area (Å²) in [6, 6.07) is 0. The van der Waals surface area contributed by atoms with Gasteiger partial charge in [0.25, 0.3) is 0 Å². The monoisotopic (exact) mass is 358 g/mol. The van der Waals surface area contributed by atoms with Gasteiger partial charge in [-0.3, -0.25) is 9.59 Å². The molecule has 1 unspecified atom stereocenters. The van der Waals surface area contributed by atoms with Crippen molar-refractivity contribution in [2.45, 2.75) is 45.4 Å².